The fraction of sp³-hybridized carbons (Fsp3) is 0.0588. The first-order valence-electron chi connectivity index (χ1n) is 6.46. The number of fused-ring (bicyclic) bond motifs is 3. The molecule has 0 amide bonds. The van der Waals surface area contributed by atoms with Crippen molar-refractivity contribution in [2.75, 3.05) is 0 Å². The summed E-state index contributed by atoms with van der Waals surface area (Å²) in [7, 11) is -4.58. The first-order chi connectivity index (χ1) is 9.89. The third-order valence-corrected chi connectivity index (χ3v) is 4.53. The zero-order valence-corrected chi connectivity index (χ0v) is 13.3. The second-order valence-electron chi connectivity index (χ2n) is 5.06. The minimum atomic E-state index is -4.58. The number of benzene rings is 3. The molecule has 0 aliphatic rings. The smallest absolute Gasteiger partial charge is 0.744 e. The van der Waals surface area contributed by atoms with E-state index in [0.717, 1.165) is 16.2 Å². The molecule has 0 spiro atoms. The predicted octanol–water partition coefficient (Wildman–Crippen LogP) is 0.934. The van der Waals surface area contributed by atoms with Gasteiger partial charge in [-0.1, -0.05) is 55.1 Å². The van der Waals surface area contributed by atoms with Crippen molar-refractivity contribution in [1.82, 2.24) is 0 Å². The predicted molar refractivity (Wildman–Crippen MR) is 84.1 cm³/mol. The van der Waals surface area contributed by atoms with Crippen LogP contribution < -0.4 is 18.9 Å². The molecule has 0 bridgehead atoms. The minimum Gasteiger partial charge on any atom is -0.744 e. The van der Waals surface area contributed by atoms with Gasteiger partial charge in [-0.15, -0.1) is 0 Å². The standard InChI is InChI=1S/C17H14O3S.Li/c1-11(2)13-9-10-15-14-6-4-3-5-12(14)7-8-16(15)17(13)21(18,19)20;/h3-10H,1H2,2H3,(H,18,19,20);/q;+1/p-1. The van der Waals surface area contributed by atoms with Gasteiger partial charge in [0.2, 0.25) is 0 Å². The molecule has 0 aromatic heterocycles. The second-order valence-corrected chi connectivity index (χ2v) is 6.38. The SMILES string of the molecule is C=C(C)c1ccc2c(ccc3ccccc32)c1S(=O)(=O)[O-].[Li+]. The Morgan fingerprint density at radius 1 is 0.955 bits per heavy atom. The zero-order chi connectivity index (χ0) is 15.2. The van der Waals surface area contributed by atoms with Gasteiger partial charge in [0.1, 0.15) is 10.1 Å². The van der Waals surface area contributed by atoms with E-state index < -0.39 is 10.1 Å². The van der Waals surface area contributed by atoms with E-state index in [1.165, 1.54) is 0 Å². The maximum atomic E-state index is 11.7. The van der Waals surface area contributed by atoms with Crippen LogP contribution in [-0.2, 0) is 10.1 Å². The molecular formula is C17H13LiO3S. The molecule has 0 N–H and O–H groups in total. The van der Waals surface area contributed by atoms with Crippen molar-refractivity contribution in [2.24, 2.45) is 0 Å². The Bertz CT molecular complexity index is 991. The molecule has 0 saturated heterocycles. The molecule has 0 aliphatic heterocycles. The average molecular weight is 304 g/mol. The van der Waals surface area contributed by atoms with E-state index in [1.807, 2.05) is 36.4 Å². The van der Waals surface area contributed by atoms with Crippen molar-refractivity contribution >= 4 is 37.2 Å². The maximum absolute atomic E-state index is 11.7. The van der Waals surface area contributed by atoms with Crippen LogP contribution in [0.2, 0.25) is 0 Å². The first kappa shape index (κ1) is 16.8. The summed E-state index contributed by atoms with van der Waals surface area (Å²) >= 11 is 0. The molecule has 0 atom stereocenters. The molecule has 3 aromatic carbocycles. The molecule has 3 rings (SSSR count). The number of rotatable bonds is 2. The van der Waals surface area contributed by atoms with Gasteiger partial charge in [-0.3, -0.25) is 0 Å². The molecule has 3 aromatic rings. The Morgan fingerprint density at radius 3 is 2.23 bits per heavy atom. The summed E-state index contributed by atoms with van der Waals surface area (Å²) in [6, 6.07) is 14.7. The molecule has 5 heteroatoms. The molecular weight excluding hydrogens is 291 g/mol. The molecule has 0 aliphatic carbocycles. The van der Waals surface area contributed by atoms with Crippen molar-refractivity contribution in [2.45, 2.75) is 11.8 Å². The number of hydrogen-bond acceptors (Lipinski definition) is 3. The second kappa shape index (κ2) is 5.90. The summed E-state index contributed by atoms with van der Waals surface area (Å²) < 4.78 is 35.1. The van der Waals surface area contributed by atoms with Crippen molar-refractivity contribution in [1.29, 1.82) is 0 Å². The van der Waals surface area contributed by atoms with Crippen molar-refractivity contribution < 1.29 is 31.8 Å². The molecule has 22 heavy (non-hydrogen) atoms. The van der Waals surface area contributed by atoms with Gasteiger partial charge in [0.15, 0.2) is 0 Å². The Labute approximate surface area is 141 Å². The zero-order valence-electron chi connectivity index (χ0n) is 12.5. The van der Waals surface area contributed by atoms with E-state index in [4.69, 9.17) is 0 Å². The summed E-state index contributed by atoms with van der Waals surface area (Å²) in [4.78, 5) is -0.182. The van der Waals surface area contributed by atoms with Crippen molar-refractivity contribution in [3.8, 4) is 0 Å². The van der Waals surface area contributed by atoms with Crippen molar-refractivity contribution in [3.05, 3.63) is 60.7 Å². The van der Waals surface area contributed by atoms with Crippen LogP contribution in [-0.4, -0.2) is 13.0 Å². The number of hydrogen-bond donors (Lipinski definition) is 0. The van der Waals surface area contributed by atoms with Gasteiger partial charge < -0.3 is 4.55 Å². The van der Waals surface area contributed by atoms with Gasteiger partial charge in [-0.2, -0.15) is 0 Å². The maximum Gasteiger partial charge on any atom is 1.00 e. The van der Waals surface area contributed by atoms with Crippen LogP contribution in [0.1, 0.15) is 12.5 Å². The normalized spacial score (nSPS) is 11.4. The van der Waals surface area contributed by atoms with Crippen LogP contribution in [0.3, 0.4) is 0 Å². The van der Waals surface area contributed by atoms with Crippen LogP contribution in [0.4, 0.5) is 0 Å². The Kier molecular flexibility index (Phi) is 4.51. The van der Waals surface area contributed by atoms with Crippen LogP contribution >= 0.6 is 0 Å². The molecule has 0 unspecified atom stereocenters. The third kappa shape index (κ3) is 2.71. The topological polar surface area (TPSA) is 57.2 Å². The van der Waals surface area contributed by atoms with Crippen LogP contribution in [0.15, 0.2) is 60.0 Å². The van der Waals surface area contributed by atoms with E-state index in [-0.39, 0.29) is 23.8 Å². The Hall–Kier alpha value is -1.57. The summed E-state index contributed by atoms with van der Waals surface area (Å²) in [5.74, 6) is 0. The van der Waals surface area contributed by atoms with Crippen LogP contribution in [0.25, 0.3) is 27.1 Å². The molecule has 0 fully saturated rings. The Balaban J connectivity index is 0.00000176. The van der Waals surface area contributed by atoms with Gasteiger partial charge >= 0.3 is 18.9 Å². The monoisotopic (exact) mass is 304 g/mol. The quantitative estimate of drug-likeness (QED) is 0.402. The summed E-state index contributed by atoms with van der Waals surface area (Å²) in [5.41, 5.74) is 0.937. The van der Waals surface area contributed by atoms with Gasteiger partial charge in [0, 0.05) is 5.39 Å². The Morgan fingerprint density at radius 2 is 1.59 bits per heavy atom. The molecule has 106 valence electrons. The van der Waals surface area contributed by atoms with Crippen LogP contribution in [0.5, 0.6) is 0 Å². The summed E-state index contributed by atoms with van der Waals surface area (Å²) in [5, 5.41) is 3.13. The van der Waals surface area contributed by atoms with E-state index in [0.29, 0.717) is 16.5 Å². The summed E-state index contributed by atoms with van der Waals surface area (Å²) in [6.45, 7) is 5.46. The largest absolute Gasteiger partial charge is 1.00 e. The third-order valence-electron chi connectivity index (χ3n) is 3.59. The summed E-state index contributed by atoms with van der Waals surface area (Å²) in [6.07, 6.45) is 0. The fourth-order valence-corrected chi connectivity index (χ4v) is 3.62. The average Bonchev–Trinajstić information content (AvgIpc) is 2.44. The van der Waals surface area contributed by atoms with Gasteiger partial charge in [0.25, 0.3) is 0 Å². The van der Waals surface area contributed by atoms with Crippen molar-refractivity contribution in [3.63, 3.8) is 0 Å². The number of allylic oxidation sites excluding steroid dienone is 1. The van der Waals surface area contributed by atoms with Crippen LogP contribution in [0, 0.1) is 0 Å². The van der Waals surface area contributed by atoms with E-state index in [1.54, 1.807) is 19.1 Å². The van der Waals surface area contributed by atoms with Gasteiger partial charge in [-0.25, -0.2) is 8.42 Å². The van der Waals surface area contributed by atoms with Gasteiger partial charge in [-0.05, 0) is 34.2 Å². The molecule has 3 nitrogen and oxygen atoms in total. The fourth-order valence-electron chi connectivity index (χ4n) is 2.67. The first-order valence-corrected chi connectivity index (χ1v) is 7.86. The molecule has 0 heterocycles. The van der Waals surface area contributed by atoms with E-state index in [9.17, 15) is 13.0 Å². The minimum absolute atomic E-state index is 0. The van der Waals surface area contributed by atoms with E-state index in [2.05, 4.69) is 6.58 Å². The molecule has 0 radical (unpaired) electrons. The van der Waals surface area contributed by atoms with E-state index >= 15 is 0 Å². The molecule has 0 saturated carbocycles. The van der Waals surface area contributed by atoms with Gasteiger partial charge in [0.05, 0.1) is 4.90 Å².